The Balaban J connectivity index is 0. The van der Waals surface area contributed by atoms with Crippen molar-refractivity contribution in [2.24, 2.45) is 0 Å². The van der Waals surface area contributed by atoms with E-state index in [1.165, 1.54) is 0 Å². The van der Waals surface area contributed by atoms with Crippen LogP contribution in [0.1, 0.15) is 6.42 Å². The van der Waals surface area contributed by atoms with Crippen molar-refractivity contribution in [3.63, 3.8) is 0 Å². The highest BCUT2D eigenvalue weighted by Crippen LogP contribution is 1.82. The number of hydrogen-bond donors (Lipinski definition) is 2. The smallest absolute Gasteiger partial charge is 0.330 e. The first kappa shape index (κ1) is 11.9. The Labute approximate surface area is 60.1 Å². The van der Waals surface area contributed by atoms with Crippen LogP contribution in [0.4, 0.5) is 0 Å². The van der Waals surface area contributed by atoms with Gasteiger partial charge in [0.25, 0.3) is 0 Å². The maximum atomic E-state index is 10.3. The minimum absolute atomic E-state index is 0. The molecule has 0 aliphatic heterocycles. The second-order valence-corrected chi connectivity index (χ2v) is 1.45. The van der Waals surface area contributed by atoms with Gasteiger partial charge in [0, 0.05) is 19.1 Å². The quantitative estimate of drug-likeness (QED) is 0.339. The van der Waals surface area contributed by atoms with Crippen LogP contribution in [0.2, 0.25) is 0 Å². The SMILES string of the molecule is C=CC(=O)OCCCO.N. The van der Waals surface area contributed by atoms with E-state index in [0.717, 1.165) is 6.08 Å². The summed E-state index contributed by atoms with van der Waals surface area (Å²) >= 11 is 0. The van der Waals surface area contributed by atoms with Crippen molar-refractivity contribution in [1.82, 2.24) is 6.15 Å². The van der Waals surface area contributed by atoms with E-state index < -0.39 is 5.97 Å². The van der Waals surface area contributed by atoms with E-state index in [2.05, 4.69) is 11.3 Å². The zero-order chi connectivity index (χ0) is 7.11. The van der Waals surface area contributed by atoms with Crippen LogP contribution in [0.3, 0.4) is 0 Å². The summed E-state index contributed by atoms with van der Waals surface area (Å²) in [5, 5.41) is 8.23. The van der Waals surface area contributed by atoms with Gasteiger partial charge in [0.05, 0.1) is 6.61 Å². The van der Waals surface area contributed by atoms with Crippen LogP contribution >= 0.6 is 0 Å². The highest BCUT2D eigenvalue weighted by atomic mass is 16.5. The minimum atomic E-state index is -0.441. The fourth-order valence-corrected chi connectivity index (χ4v) is 0.296. The number of aliphatic hydroxyl groups is 1. The van der Waals surface area contributed by atoms with E-state index in [4.69, 9.17) is 5.11 Å². The van der Waals surface area contributed by atoms with E-state index in [-0.39, 0.29) is 19.4 Å². The molecule has 4 heteroatoms. The molecule has 0 aromatic heterocycles. The van der Waals surface area contributed by atoms with Gasteiger partial charge in [-0.25, -0.2) is 4.79 Å². The summed E-state index contributed by atoms with van der Waals surface area (Å²) in [5.41, 5.74) is 0. The molecule has 60 valence electrons. The fraction of sp³-hybridized carbons (Fsp3) is 0.500. The van der Waals surface area contributed by atoms with Gasteiger partial charge >= 0.3 is 5.97 Å². The number of hydrogen-bond acceptors (Lipinski definition) is 4. The molecular formula is C6H13NO3. The molecule has 0 saturated carbocycles. The number of rotatable bonds is 4. The van der Waals surface area contributed by atoms with Gasteiger partial charge in [-0.3, -0.25) is 0 Å². The predicted molar refractivity (Wildman–Crippen MR) is 37.9 cm³/mol. The number of ether oxygens (including phenoxy) is 1. The van der Waals surface area contributed by atoms with Gasteiger partial charge in [0.1, 0.15) is 0 Å². The summed E-state index contributed by atoms with van der Waals surface area (Å²) in [5.74, 6) is -0.441. The van der Waals surface area contributed by atoms with Gasteiger partial charge in [-0.2, -0.15) is 0 Å². The van der Waals surface area contributed by atoms with Crippen molar-refractivity contribution in [2.75, 3.05) is 13.2 Å². The fourth-order valence-electron chi connectivity index (χ4n) is 0.296. The Morgan fingerprint density at radius 3 is 2.70 bits per heavy atom. The summed E-state index contributed by atoms with van der Waals surface area (Å²) < 4.78 is 4.51. The lowest BCUT2D eigenvalue weighted by Gasteiger charge is -1.96. The number of carbonyl (C=O) groups is 1. The van der Waals surface area contributed by atoms with Crippen LogP contribution in [0.5, 0.6) is 0 Å². The first-order chi connectivity index (χ1) is 4.31. The maximum absolute atomic E-state index is 10.3. The average molecular weight is 147 g/mol. The van der Waals surface area contributed by atoms with E-state index in [1.807, 2.05) is 0 Å². The zero-order valence-corrected chi connectivity index (χ0v) is 5.88. The van der Waals surface area contributed by atoms with Gasteiger partial charge in [-0.15, -0.1) is 0 Å². The lowest BCUT2D eigenvalue weighted by Crippen LogP contribution is -2.02. The topological polar surface area (TPSA) is 81.5 Å². The van der Waals surface area contributed by atoms with E-state index >= 15 is 0 Å². The largest absolute Gasteiger partial charge is 0.462 e. The Kier molecular flexibility index (Phi) is 9.65. The van der Waals surface area contributed by atoms with Crippen LogP contribution in [-0.2, 0) is 9.53 Å². The van der Waals surface area contributed by atoms with Gasteiger partial charge in [-0.1, -0.05) is 6.58 Å². The summed E-state index contributed by atoms with van der Waals surface area (Å²) in [6.07, 6.45) is 1.58. The van der Waals surface area contributed by atoms with E-state index in [1.54, 1.807) is 0 Å². The minimum Gasteiger partial charge on any atom is -0.462 e. The molecule has 0 bridgehead atoms. The molecule has 0 rings (SSSR count). The molecule has 0 aliphatic rings. The molecule has 0 fully saturated rings. The van der Waals surface area contributed by atoms with Crippen molar-refractivity contribution < 1.29 is 14.6 Å². The Morgan fingerprint density at radius 1 is 1.70 bits per heavy atom. The molecule has 0 amide bonds. The normalized spacial score (nSPS) is 7.70. The van der Waals surface area contributed by atoms with Gasteiger partial charge < -0.3 is 16.0 Å². The average Bonchev–Trinajstić information content (AvgIpc) is 1.89. The standard InChI is InChI=1S/C6H10O3.H3N/c1-2-6(8)9-5-3-4-7;/h2,7H,1,3-5H2;1H3. The Hall–Kier alpha value is -0.870. The molecular weight excluding hydrogens is 134 g/mol. The summed E-state index contributed by atoms with van der Waals surface area (Å²) in [6, 6.07) is 0. The summed E-state index contributed by atoms with van der Waals surface area (Å²) in [6.45, 7) is 3.51. The molecule has 0 atom stereocenters. The molecule has 0 saturated heterocycles. The lowest BCUT2D eigenvalue weighted by molar-refractivity contribution is -0.137. The van der Waals surface area contributed by atoms with Gasteiger partial charge in [-0.05, 0) is 0 Å². The van der Waals surface area contributed by atoms with Crippen LogP contribution in [0.15, 0.2) is 12.7 Å². The Morgan fingerprint density at radius 2 is 2.30 bits per heavy atom. The molecule has 0 radical (unpaired) electrons. The molecule has 10 heavy (non-hydrogen) atoms. The van der Waals surface area contributed by atoms with E-state index in [9.17, 15) is 4.79 Å². The number of esters is 1. The first-order valence-corrected chi connectivity index (χ1v) is 2.71. The van der Waals surface area contributed by atoms with Crippen molar-refractivity contribution >= 4 is 5.97 Å². The summed E-state index contributed by atoms with van der Waals surface area (Å²) in [4.78, 5) is 10.3. The second-order valence-electron chi connectivity index (χ2n) is 1.45. The molecule has 0 aromatic rings. The number of carbonyl (C=O) groups excluding carboxylic acids is 1. The molecule has 0 aromatic carbocycles. The second kappa shape index (κ2) is 8.13. The molecule has 0 aliphatic carbocycles. The highest BCUT2D eigenvalue weighted by Gasteiger charge is 1.91. The van der Waals surface area contributed by atoms with Crippen LogP contribution in [0, 0.1) is 0 Å². The van der Waals surface area contributed by atoms with Crippen LogP contribution in [-0.4, -0.2) is 24.3 Å². The maximum Gasteiger partial charge on any atom is 0.330 e. The summed E-state index contributed by atoms with van der Waals surface area (Å²) in [7, 11) is 0. The zero-order valence-electron chi connectivity index (χ0n) is 5.88. The van der Waals surface area contributed by atoms with Crippen LogP contribution < -0.4 is 6.15 Å². The van der Waals surface area contributed by atoms with Crippen molar-refractivity contribution in [2.45, 2.75) is 6.42 Å². The molecule has 0 unspecified atom stereocenters. The van der Waals surface area contributed by atoms with Gasteiger partial charge in [0.15, 0.2) is 0 Å². The van der Waals surface area contributed by atoms with Crippen molar-refractivity contribution in [3.8, 4) is 0 Å². The third-order valence-electron chi connectivity index (χ3n) is 0.713. The van der Waals surface area contributed by atoms with E-state index in [0.29, 0.717) is 6.42 Å². The Bertz CT molecular complexity index is 103. The highest BCUT2D eigenvalue weighted by molar-refractivity contribution is 5.81. The lowest BCUT2D eigenvalue weighted by atomic mass is 10.5. The molecule has 4 N–H and O–H groups in total. The van der Waals surface area contributed by atoms with Gasteiger partial charge in [0.2, 0.25) is 0 Å². The number of aliphatic hydroxyl groups excluding tert-OH is 1. The van der Waals surface area contributed by atoms with Crippen molar-refractivity contribution in [3.05, 3.63) is 12.7 Å². The third kappa shape index (κ3) is 7.13. The van der Waals surface area contributed by atoms with Crippen LogP contribution in [0.25, 0.3) is 0 Å². The van der Waals surface area contributed by atoms with Crippen molar-refractivity contribution in [1.29, 1.82) is 0 Å². The molecule has 0 heterocycles. The monoisotopic (exact) mass is 147 g/mol. The predicted octanol–water partition coefficient (Wildman–Crippen LogP) is 0.260. The molecule has 4 nitrogen and oxygen atoms in total. The third-order valence-corrected chi connectivity index (χ3v) is 0.713. The molecule has 0 spiro atoms. The first-order valence-electron chi connectivity index (χ1n) is 2.71.